The van der Waals surface area contributed by atoms with Gasteiger partial charge in [0.25, 0.3) is 5.91 Å². The number of nitrogens with one attached hydrogen (secondary N) is 3. The number of unbranched alkanes of at least 4 members (excludes halogenated alkanes) is 2. The molecule has 3 rings (SSSR count). The van der Waals surface area contributed by atoms with Crippen molar-refractivity contribution in [1.82, 2.24) is 16.0 Å². The van der Waals surface area contributed by atoms with Gasteiger partial charge in [0.1, 0.15) is 12.6 Å². The Labute approximate surface area is 234 Å². The monoisotopic (exact) mass is 547 g/mol. The smallest absolute Gasteiger partial charge is 0.407 e. The maximum atomic E-state index is 13.0. The highest BCUT2D eigenvalue weighted by atomic mass is 16.5. The van der Waals surface area contributed by atoms with Crippen molar-refractivity contribution < 1.29 is 28.7 Å². The van der Waals surface area contributed by atoms with E-state index < -0.39 is 12.1 Å². The first kappa shape index (κ1) is 30.1. The highest BCUT2D eigenvalue weighted by Gasteiger charge is 2.21. The summed E-state index contributed by atoms with van der Waals surface area (Å²) in [5.41, 5.74) is 1.35. The number of carbonyl (C=O) groups is 4. The maximum absolute atomic E-state index is 13.0. The van der Waals surface area contributed by atoms with Crippen LogP contribution in [-0.4, -0.2) is 50.1 Å². The van der Waals surface area contributed by atoms with Gasteiger partial charge in [-0.05, 0) is 54.2 Å². The second-order valence-corrected chi connectivity index (χ2v) is 9.40. The number of methoxy groups -OCH3 is 1. The van der Waals surface area contributed by atoms with E-state index in [9.17, 15) is 19.2 Å². The van der Waals surface area contributed by atoms with Crippen LogP contribution in [0.15, 0.2) is 72.8 Å². The minimum absolute atomic E-state index is 0.166. The van der Waals surface area contributed by atoms with Gasteiger partial charge in [0, 0.05) is 25.1 Å². The van der Waals surface area contributed by atoms with Crippen molar-refractivity contribution in [2.24, 2.45) is 0 Å². The zero-order chi connectivity index (χ0) is 28.6. The predicted octanol–water partition coefficient (Wildman–Crippen LogP) is 4.49. The predicted molar refractivity (Wildman–Crippen MR) is 153 cm³/mol. The molecule has 0 aliphatic rings. The van der Waals surface area contributed by atoms with Crippen LogP contribution in [0, 0.1) is 0 Å². The summed E-state index contributed by atoms with van der Waals surface area (Å²) in [6.45, 7) is 0.877. The summed E-state index contributed by atoms with van der Waals surface area (Å²) in [4.78, 5) is 49.3. The van der Waals surface area contributed by atoms with E-state index in [2.05, 4.69) is 20.7 Å². The van der Waals surface area contributed by atoms with E-state index in [1.165, 1.54) is 7.11 Å². The third-order valence-electron chi connectivity index (χ3n) is 6.37. The van der Waals surface area contributed by atoms with E-state index >= 15 is 0 Å². The number of rotatable bonds is 15. The fourth-order valence-corrected chi connectivity index (χ4v) is 4.12. The molecule has 0 saturated heterocycles. The molecule has 3 aromatic rings. The summed E-state index contributed by atoms with van der Waals surface area (Å²) < 4.78 is 9.86. The van der Waals surface area contributed by atoms with Gasteiger partial charge in [0.2, 0.25) is 5.91 Å². The van der Waals surface area contributed by atoms with E-state index in [-0.39, 0.29) is 30.9 Å². The van der Waals surface area contributed by atoms with Crippen molar-refractivity contribution in [2.75, 3.05) is 20.2 Å². The molecule has 9 nitrogen and oxygen atoms in total. The fraction of sp³-hybridized carbons (Fsp3) is 0.355. The largest absolute Gasteiger partial charge is 0.469 e. The number of ether oxygens (including phenoxy) is 2. The van der Waals surface area contributed by atoms with E-state index in [0.29, 0.717) is 44.2 Å². The quantitative estimate of drug-likeness (QED) is 0.190. The van der Waals surface area contributed by atoms with Gasteiger partial charge in [-0.1, -0.05) is 67.1 Å². The molecule has 0 spiro atoms. The first-order chi connectivity index (χ1) is 19.5. The molecule has 3 N–H and O–H groups in total. The zero-order valence-corrected chi connectivity index (χ0v) is 22.8. The van der Waals surface area contributed by atoms with Crippen LogP contribution in [0.3, 0.4) is 0 Å². The lowest BCUT2D eigenvalue weighted by Crippen LogP contribution is -2.47. The number of hydrogen-bond donors (Lipinski definition) is 3. The normalized spacial score (nSPS) is 11.3. The number of benzene rings is 3. The van der Waals surface area contributed by atoms with Crippen molar-refractivity contribution in [2.45, 2.75) is 51.2 Å². The maximum Gasteiger partial charge on any atom is 0.407 e. The van der Waals surface area contributed by atoms with Gasteiger partial charge in [0.05, 0.1) is 7.11 Å². The molecule has 3 amide bonds. The van der Waals surface area contributed by atoms with Crippen LogP contribution in [0.2, 0.25) is 0 Å². The SMILES string of the molecule is COC(=O)CCCCCNC(=O)[C@H](CCCNC(=O)OCc1ccccc1)NC(=O)c1ccc2ccccc2c1. The van der Waals surface area contributed by atoms with Gasteiger partial charge in [-0.25, -0.2) is 4.79 Å². The molecular weight excluding hydrogens is 510 g/mol. The minimum atomic E-state index is -0.781. The van der Waals surface area contributed by atoms with Crippen LogP contribution >= 0.6 is 0 Å². The van der Waals surface area contributed by atoms with Crippen LogP contribution < -0.4 is 16.0 Å². The Morgan fingerprint density at radius 2 is 1.50 bits per heavy atom. The average molecular weight is 548 g/mol. The molecule has 0 unspecified atom stereocenters. The molecule has 0 bridgehead atoms. The number of fused-ring (bicyclic) bond motifs is 1. The van der Waals surface area contributed by atoms with E-state index in [4.69, 9.17) is 4.74 Å². The Morgan fingerprint density at radius 1 is 0.775 bits per heavy atom. The Morgan fingerprint density at radius 3 is 2.27 bits per heavy atom. The third-order valence-corrected chi connectivity index (χ3v) is 6.37. The summed E-state index contributed by atoms with van der Waals surface area (Å²) >= 11 is 0. The van der Waals surface area contributed by atoms with Crippen molar-refractivity contribution in [3.63, 3.8) is 0 Å². The minimum Gasteiger partial charge on any atom is -0.469 e. The number of hydrogen-bond acceptors (Lipinski definition) is 6. The summed E-state index contributed by atoms with van der Waals surface area (Å²) in [6, 6.07) is 21.7. The van der Waals surface area contributed by atoms with E-state index in [0.717, 1.165) is 22.8 Å². The number of carbonyl (C=O) groups excluding carboxylic acids is 4. The first-order valence-electron chi connectivity index (χ1n) is 13.5. The molecule has 0 heterocycles. The van der Waals surface area contributed by atoms with Crippen molar-refractivity contribution in [1.29, 1.82) is 0 Å². The first-order valence-corrected chi connectivity index (χ1v) is 13.5. The Hall–Kier alpha value is -4.40. The van der Waals surface area contributed by atoms with Gasteiger partial charge in [-0.2, -0.15) is 0 Å². The van der Waals surface area contributed by atoms with Gasteiger partial charge >= 0.3 is 12.1 Å². The van der Waals surface area contributed by atoms with Gasteiger partial charge in [-0.3, -0.25) is 14.4 Å². The fourth-order valence-electron chi connectivity index (χ4n) is 4.12. The van der Waals surface area contributed by atoms with Gasteiger partial charge in [-0.15, -0.1) is 0 Å². The summed E-state index contributed by atoms with van der Waals surface area (Å²) in [5, 5.41) is 10.4. The number of alkyl carbamates (subject to hydrolysis) is 1. The van der Waals surface area contributed by atoms with Crippen LogP contribution in [0.25, 0.3) is 10.8 Å². The molecule has 0 fully saturated rings. The standard InChI is InChI=1S/C31H37N3O6/c1-39-28(35)16-6-3-9-19-32-30(37)27(15-10-20-33-31(38)40-22-23-11-4-2-5-12-23)34-29(36)26-18-17-24-13-7-8-14-25(24)21-26/h2,4-5,7-8,11-14,17-18,21,27H,3,6,9-10,15-16,19-20,22H2,1H3,(H,32,37)(H,33,38)(H,34,36)/t27-/m0/s1. The lowest BCUT2D eigenvalue weighted by molar-refractivity contribution is -0.140. The van der Waals surface area contributed by atoms with Crippen LogP contribution in [-0.2, 0) is 25.7 Å². The molecule has 0 radical (unpaired) electrons. The summed E-state index contributed by atoms with van der Waals surface area (Å²) in [5.74, 6) is -0.897. The molecule has 3 aromatic carbocycles. The second kappa shape index (κ2) is 16.5. The summed E-state index contributed by atoms with van der Waals surface area (Å²) in [6.07, 6.45) is 2.72. The van der Waals surface area contributed by atoms with Gasteiger partial charge in [0.15, 0.2) is 0 Å². The molecule has 0 saturated carbocycles. The zero-order valence-electron chi connectivity index (χ0n) is 22.8. The second-order valence-electron chi connectivity index (χ2n) is 9.40. The highest BCUT2D eigenvalue weighted by molar-refractivity contribution is 6.00. The molecule has 1 atom stereocenters. The lowest BCUT2D eigenvalue weighted by Gasteiger charge is -2.19. The van der Waals surface area contributed by atoms with E-state index in [1.54, 1.807) is 12.1 Å². The lowest BCUT2D eigenvalue weighted by atomic mass is 10.1. The Kier molecular flexibility index (Phi) is 12.5. The molecular formula is C31H37N3O6. The Balaban J connectivity index is 1.50. The van der Waals surface area contributed by atoms with Gasteiger partial charge < -0.3 is 25.4 Å². The Bertz CT molecular complexity index is 1260. The molecule has 0 aliphatic carbocycles. The number of esters is 1. The third kappa shape index (κ3) is 10.4. The van der Waals surface area contributed by atoms with Crippen molar-refractivity contribution in [3.05, 3.63) is 83.9 Å². The molecule has 40 heavy (non-hydrogen) atoms. The van der Waals surface area contributed by atoms with Crippen LogP contribution in [0.4, 0.5) is 4.79 Å². The molecule has 0 aromatic heterocycles. The van der Waals surface area contributed by atoms with Crippen molar-refractivity contribution in [3.8, 4) is 0 Å². The average Bonchev–Trinajstić information content (AvgIpc) is 2.99. The van der Waals surface area contributed by atoms with E-state index in [1.807, 2.05) is 60.7 Å². The topological polar surface area (TPSA) is 123 Å². The molecule has 212 valence electrons. The molecule has 9 heteroatoms. The summed E-state index contributed by atoms with van der Waals surface area (Å²) in [7, 11) is 1.36. The highest BCUT2D eigenvalue weighted by Crippen LogP contribution is 2.16. The number of amides is 3. The van der Waals surface area contributed by atoms with Crippen LogP contribution in [0.5, 0.6) is 0 Å². The van der Waals surface area contributed by atoms with Crippen molar-refractivity contribution >= 4 is 34.6 Å². The molecule has 0 aliphatic heterocycles. The van der Waals surface area contributed by atoms with Crippen LogP contribution in [0.1, 0.15) is 54.4 Å².